The molecule has 2 rings (SSSR count). The highest BCUT2D eigenvalue weighted by atomic mass is 32.2. The van der Waals surface area contributed by atoms with Crippen molar-refractivity contribution >= 4 is 33.3 Å². The van der Waals surface area contributed by atoms with E-state index in [-0.39, 0.29) is 24.8 Å². The molecule has 0 aliphatic rings. The second-order valence-electron chi connectivity index (χ2n) is 7.39. The van der Waals surface area contributed by atoms with E-state index in [0.717, 1.165) is 24.7 Å². The number of amides is 1. The summed E-state index contributed by atoms with van der Waals surface area (Å²) < 4.78 is 30.8. The van der Waals surface area contributed by atoms with Gasteiger partial charge in [0, 0.05) is 18.7 Å². The Balaban J connectivity index is 1.87. The molecular weight excluding hydrogens is 416 g/mol. The molecule has 0 unspecified atom stereocenters. The van der Waals surface area contributed by atoms with Crippen LogP contribution in [0, 0.1) is 6.92 Å². The number of carbonyl (C=O) groups excluding carboxylic acids is 2. The third-order valence-corrected chi connectivity index (χ3v) is 5.78. The van der Waals surface area contributed by atoms with Crippen LogP contribution in [-0.4, -0.2) is 39.7 Å². The monoisotopic (exact) mass is 446 g/mol. The molecule has 0 atom stereocenters. The van der Waals surface area contributed by atoms with Gasteiger partial charge < -0.3 is 10.1 Å². The molecule has 0 heterocycles. The minimum Gasteiger partial charge on any atom is -0.462 e. The molecule has 1 N–H and O–H groups in total. The third kappa shape index (κ3) is 8.05. The zero-order valence-corrected chi connectivity index (χ0v) is 19.1. The van der Waals surface area contributed by atoms with E-state index in [0.29, 0.717) is 30.0 Å². The number of sulfonamides is 1. The predicted molar refractivity (Wildman–Crippen MR) is 123 cm³/mol. The minimum absolute atomic E-state index is 0.165. The number of ether oxygens (including phenoxy) is 1. The maximum absolute atomic E-state index is 12.3. The number of carbonyl (C=O) groups is 2. The fourth-order valence-electron chi connectivity index (χ4n) is 2.96. The predicted octanol–water partition coefficient (Wildman–Crippen LogP) is 4.14. The van der Waals surface area contributed by atoms with Gasteiger partial charge in [0.1, 0.15) is 0 Å². The van der Waals surface area contributed by atoms with Crippen LogP contribution in [0.4, 0.5) is 11.4 Å². The van der Waals surface area contributed by atoms with Crippen molar-refractivity contribution in [3.05, 3.63) is 59.7 Å². The first-order valence-electron chi connectivity index (χ1n) is 10.3. The van der Waals surface area contributed by atoms with Crippen LogP contribution >= 0.6 is 0 Å². The first-order valence-corrected chi connectivity index (χ1v) is 12.2. The van der Waals surface area contributed by atoms with E-state index in [1.807, 2.05) is 19.9 Å². The first kappa shape index (κ1) is 24.4. The van der Waals surface area contributed by atoms with Crippen LogP contribution < -0.4 is 9.62 Å². The van der Waals surface area contributed by atoms with Crippen LogP contribution in [0.1, 0.15) is 48.5 Å². The van der Waals surface area contributed by atoms with Gasteiger partial charge in [-0.2, -0.15) is 0 Å². The maximum Gasteiger partial charge on any atom is 0.338 e. The molecule has 0 aliphatic heterocycles. The van der Waals surface area contributed by atoms with Crippen LogP contribution in [0.25, 0.3) is 0 Å². The standard InChI is InChI=1S/C23H30N2O5S/c1-4-5-16-30-23(27)19-11-13-20(14-12-19)24-22(26)10-7-15-25(31(3,28)29)21-9-6-8-18(2)17-21/h6,8-9,11-14,17H,4-5,7,10,15-16H2,1-3H3,(H,24,26). The van der Waals surface area contributed by atoms with Gasteiger partial charge in [-0.15, -0.1) is 0 Å². The molecular formula is C23H30N2O5S. The van der Waals surface area contributed by atoms with Gasteiger partial charge in [-0.3, -0.25) is 9.10 Å². The molecule has 0 bridgehead atoms. The van der Waals surface area contributed by atoms with E-state index in [4.69, 9.17) is 4.74 Å². The molecule has 2 aromatic rings. The number of unbranched alkanes of at least 4 members (excludes halogenated alkanes) is 1. The molecule has 0 fully saturated rings. The van der Waals surface area contributed by atoms with E-state index in [2.05, 4.69) is 5.32 Å². The normalized spacial score (nSPS) is 11.1. The van der Waals surface area contributed by atoms with Crippen molar-refractivity contribution < 1.29 is 22.7 Å². The number of benzene rings is 2. The fourth-order valence-corrected chi connectivity index (χ4v) is 3.92. The van der Waals surface area contributed by atoms with Crippen molar-refractivity contribution in [3.63, 3.8) is 0 Å². The Bertz CT molecular complexity index is 987. The average Bonchev–Trinajstić information content (AvgIpc) is 2.71. The molecule has 168 valence electrons. The number of nitrogens with one attached hydrogen (secondary N) is 1. The average molecular weight is 447 g/mol. The molecule has 7 nitrogen and oxygen atoms in total. The van der Waals surface area contributed by atoms with Crippen molar-refractivity contribution in [3.8, 4) is 0 Å². The lowest BCUT2D eigenvalue weighted by atomic mass is 10.2. The smallest absolute Gasteiger partial charge is 0.338 e. The molecule has 0 saturated carbocycles. The first-order chi connectivity index (χ1) is 14.7. The van der Waals surface area contributed by atoms with Crippen molar-refractivity contribution in [1.29, 1.82) is 0 Å². The second kappa shape index (κ2) is 11.5. The summed E-state index contributed by atoms with van der Waals surface area (Å²) in [5.74, 6) is -0.612. The van der Waals surface area contributed by atoms with E-state index < -0.39 is 10.0 Å². The van der Waals surface area contributed by atoms with Gasteiger partial charge in [0.15, 0.2) is 0 Å². The minimum atomic E-state index is -3.46. The van der Waals surface area contributed by atoms with Gasteiger partial charge in [-0.1, -0.05) is 25.5 Å². The topological polar surface area (TPSA) is 92.8 Å². The van der Waals surface area contributed by atoms with Gasteiger partial charge >= 0.3 is 5.97 Å². The van der Waals surface area contributed by atoms with Crippen LogP contribution in [0.15, 0.2) is 48.5 Å². The molecule has 31 heavy (non-hydrogen) atoms. The van der Waals surface area contributed by atoms with E-state index >= 15 is 0 Å². The largest absolute Gasteiger partial charge is 0.462 e. The Labute approximate surface area is 184 Å². The maximum atomic E-state index is 12.3. The SMILES string of the molecule is CCCCOC(=O)c1ccc(NC(=O)CCCN(c2cccc(C)c2)S(C)(=O)=O)cc1. The molecule has 1 amide bonds. The van der Waals surface area contributed by atoms with Crippen molar-refractivity contribution in [1.82, 2.24) is 0 Å². The summed E-state index contributed by atoms with van der Waals surface area (Å²) in [6.07, 6.45) is 3.46. The van der Waals surface area contributed by atoms with Crippen molar-refractivity contribution in [2.75, 3.05) is 29.0 Å². The Hall–Kier alpha value is -2.87. The molecule has 8 heteroatoms. The summed E-state index contributed by atoms with van der Waals surface area (Å²) >= 11 is 0. The lowest BCUT2D eigenvalue weighted by molar-refractivity contribution is -0.116. The molecule has 0 spiro atoms. The summed E-state index contributed by atoms with van der Waals surface area (Å²) in [6, 6.07) is 13.7. The molecule has 0 aliphatic carbocycles. The summed E-state index contributed by atoms with van der Waals surface area (Å²) in [4.78, 5) is 24.2. The quantitative estimate of drug-likeness (QED) is 0.414. The molecule has 0 aromatic heterocycles. The lowest BCUT2D eigenvalue weighted by Gasteiger charge is -2.22. The second-order valence-corrected chi connectivity index (χ2v) is 9.30. The number of rotatable bonds is 11. The Morgan fingerprint density at radius 2 is 1.77 bits per heavy atom. The number of esters is 1. The summed E-state index contributed by atoms with van der Waals surface area (Å²) in [5.41, 5.74) is 2.54. The van der Waals surface area contributed by atoms with Gasteiger partial charge in [-0.25, -0.2) is 13.2 Å². The van der Waals surface area contributed by atoms with Gasteiger partial charge in [-0.05, 0) is 61.7 Å². The number of aryl methyl sites for hydroxylation is 1. The lowest BCUT2D eigenvalue weighted by Crippen LogP contribution is -2.31. The zero-order chi connectivity index (χ0) is 22.9. The van der Waals surface area contributed by atoms with Crippen LogP contribution in [0.3, 0.4) is 0 Å². The Morgan fingerprint density at radius 3 is 2.39 bits per heavy atom. The summed E-state index contributed by atoms with van der Waals surface area (Å²) in [7, 11) is -3.46. The van der Waals surface area contributed by atoms with E-state index in [9.17, 15) is 18.0 Å². The Morgan fingerprint density at radius 1 is 1.06 bits per heavy atom. The van der Waals surface area contributed by atoms with Crippen molar-refractivity contribution in [2.24, 2.45) is 0 Å². The molecule has 0 saturated heterocycles. The number of hydrogen-bond acceptors (Lipinski definition) is 5. The zero-order valence-electron chi connectivity index (χ0n) is 18.3. The summed E-state index contributed by atoms with van der Waals surface area (Å²) in [5, 5.41) is 2.76. The van der Waals surface area contributed by atoms with Crippen LogP contribution in [-0.2, 0) is 19.6 Å². The fraction of sp³-hybridized carbons (Fsp3) is 0.391. The molecule has 0 radical (unpaired) electrons. The number of hydrogen-bond donors (Lipinski definition) is 1. The number of anilines is 2. The van der Waals surface area contributed by atoms with E-state index in [1.165, 1.54) is 4.31 Å². The number of nitrogens with zero attached hydrogens (tertiary/aromatic N) is 1. The Kier molecular flexibility index (Phi) is 9.05. The van der Waals surface area contributed by atoms with Gasteiger partial charge in [0.05, 0.1) is 24.1 Å². The highest BCUT2D eigenvalue weighted by Gasteiger charge is 2.17. The van der Waals surface area contributed by atoms with Gasteiger partial charge in [0.25, 0.3) is 0 Å². The van der Waals surface area contributed by atoms with Crippen LogP contribution in [0.5, 0.6) is 0 Å². The van der Waals surface area contributed by atoms with Crippen LogP contribution in [0.2, 0.25) is 0 Å². The highest BCUT2D eigenvalue weighted by Crippen LogP contribution is 2.20. The van der Waals surface area contributed by atoms with E-state index in [1.54, 1.807) is 42.5 Å². The highest BCUT2D eigenvalue weighted by molar-refractivity contribution is 7.92. The summed E-state index contributed by atoms with van der Waals surface area (Å²) in [6.45, 7) is 4.51. The third-order valence-electron chi connectivity index (χ3n) is 4.59. The van der Waals surface area contributed by atoms with Gasteiger partial charge in [0.2, 0.25) is 15.9 Å². The molecule has 2 aromatic carbocycles. The van der Waals surface area contributed by atoms with Crippen molar-refractivity contribution in [2.45, 2.75) is 39.5 Å².